The zero-order valence-corrected chi connectivity index (χ0v) is 11.8. The number of benzene rings is 1. The number of aryl methyl sites for hydroxylation is 1. The van der Waals surface area contributed by atoms with Crippen molar-refractivity contribution in [3.63, 3.8) is 0 Å². The van der Waals surface area contributed by atoms with E-state index in [2.05, 4.69) is 36.5 Å². The molecule has 0 atom stereocenters. The van der Waals surface area contributed by atoms with Crippen molar-refractivity contribution in [2.24, 2.45) is 0 Å². The Kier molecular flexibility index (Phi) is 5.73. The molecule has 0 radical (unpaired) electrons. The van der Waals surface area contributed by atoms with Gasteiger partial charge in [0, 0.05) is 12.6 Å². The Morgan fingerprint density at radius 2 is 1.67 bits per heavy atom. The molecular formula is C17H27N. The van der Waals surface area contributed by atoms with Crippen LogP contribution in [0, 0.1) is 0 Å². The van der Waals surface area contributed by atoms with Crippen LogP contribution in [-0.2, 0) is 13.0 Å². The van der Waals surface area contributed by atoms with Gasteiger partial charge in [0.05, 0.1) is 0 Å². The first-order valence-corrected chi connectivity index (χ1v) is 7.69. The van der Waals surface area contributed by atoms with Crippen molar-refractivity contribution in [1.82, 2.24) is 5.32 Å². The summed E-state index contributed by atoms with van der Waals surface area (Å²) in [6, 6.07) is 9.95. The van der Waals surface area contributed by atoms with E-state index >= 15 is 0 Å². The van der Waals surface area contributed by atoms with Crippen LogP contribution in [0.5, 0.6) is 0 Å². The van der Waals surface area contributed by atoms with Crippen molar-refractivity contribution in [2.45, 2.75) is 70.9 Å². The lowest BCUT2D eigenvalue weighted by molar-refractivity contribution is 0.372. The molecule has 0 aromatic heterocycles. The Morgan fingerprint density at radius 3 is 2.33 bits per heavy atom. The van der Waals surface area contributed by atoms with Crippen molar-refractivity contribution in [3.8, 4) is 0 Å². The quantitative estimate of drug-likeness (QED) is 0.780. The minimum atomic E-state index is 0.763. The first-order chi connectivity index (χ1) is 8.88. The van der Waals surface area contributed by atoms with Crippen molar-refractivity contribution in [2.75, 3.05) is 0 Å². The van der Waals surface area contributed by atoms with Gasteiger partial charge in [-0.1, -0.05) is 56.9 Å². The molecule has 1 heteroatoms. The molecule has 1 aromatic rings. The first kappa shape index (κ1) is 13.6. The Morgan fingerprint density at radius 1 is 1.00 bits per heavy atom. The summed E-state index contributed by atoms with van der Waals surface area (Å²) in [5.74, 6) is 0. The van der Waals surface area contributed by atoms with Crippen LogP contribution in [0.4, 0.5) is 0 Å². The number of nitrogens with one attached hydrogen (secondary N) is 1. The van der Waals surface area contributed by atoms with Crippen molar-refractivity contribution in [3.05, 3.63) is 35.4 Å². The van der Waals surface area contributed by atoms with Crippen LogP contribution in [-0.4, -0.2) is 6.04 Å². The molecule has 0 amide bonds. The monoisotopic (exact) mass is 245 g/mol. The zero-order valence-electron chi connectivity index (χ0n) is 11.8. The maximum absolute atomic E-state index is 3.70. The Hall–Kier alpha value is -0.820. The summed E-state index contributed by atoms with van der Waals surface area (Å²) in [5.41, 5.74) is 2.92. The summed E-state index contributed by atoms with van der Waals surface area (Å²) in [5, 5.41) is 3.70. The van der Waals surface area contributed by atoms with Crippen LogP contribution in [0.2, 0.25) is 0 Å². The van der Waals surface area contributed by atoms with E-state index in [1.807, 2.05) is 0 Å². The van der Waals surface area contributed by atoms with Gasteiger partial charge in [-0.15, -0.1) is 0 Å². The normalized spacial score (nSPS) is 16.9. The minimum absolute atomic E-state index is 0.763. The smallest absolute Gasteiger partial charge is 0.0208 e. The second-order valence-corrected chi connectivity index (χ2v) is 5.64. The summed E-state index contributed by atoms with van der Waals surface area (Å²) in [4.78, 5) is 0. The van der Waals surface area contributed by atoms with E-state index in [0.717, 1.165) is 12.6 Å². The largest absolute Gasteiger partial charge is 0.310 e. The van der Waals surface area contributed by atoms with Crippen LogP contribution in [0.25, 0.3) is 0 Å². The molecule has 1 aromatic carbocycles. The van der Waals surface area contributed by atoms with Gasteiger partial charge in [-0.05, 0) is 36.8 Å². The molecule has 0 saturated heterocycles. The molecule has 1 N–H and O–H groups in total. The third-order valence-electron chi connectivity index (χ3n) is 4.04. The fourth-order valence-electron chi connectivity index (χ4n) is 2.77. The number of rotatable bonds is 6. The summed E-state index contributed by atoms with van der Waals surface area (Å²) < 4.78 is 0. The molecule has 1 fully saturated rings. The van der Waals surface area contributed by atoms with Crippen LogP contribution >= 0.6 is 0 Å². The highest BCUT2D eigenvalue weighted by atomic mass is 14.9. The molecular weight excluding hydrogens is 218 g/mol. The zero-order chi connectivity index (χ0) is 12.6. The van der Waals surface area contributed by atoms with E-state index in [1.165, 1.54) is 62.5 Å². The van der Waals surface area contributed by atoms with Crippen LogP contribution < -0.4 is 5.32 Å². The predicted octanol–water partition coefficient (Wildman–Crippen LogP) is 4.45. The van der Waals surface area contributed by atoms with Crippen LogP contribution in [0.1, 0.15) is 63.0 Å². The highest BCUT2D eigenvalue weighted by Gasteiger charge is 2.11. The predicted molar refractivity (Wildman–Crippen MR) is 78.8 cm³/mol. The first-order valence-electron chi connectivity index (χ1n) is 7.69. The molecule has 1 aliphatic rings. The fraction of sp³-hybridized carbons (Fsp3) is 0.647. The average Bonchev–Trinajstić information content (AvgIpc) is 2.45. The van der Waals surface area contributed by atoms with Crippen molar-refractivity contribution >= 4 is 0 Å². The molecule has 1 aliphatic carbocycles. The SMILES string of the molecule is CCCCc1ccc(CNC2CCCCC2)cc1. The standard InChI is InChI=1S/C17H27N/c1-2-3-7-15-10-12-16(13-11-15)14-18-17-8-5-4-6-9-17/h10-13,17-18H,2-9,14H2,1H3. The summed E-state index contributed by atoms with van der Waals surface area (Å²) >= 11 is 0. The molecule has 0 heterocycles. The van der Waals surface area contributed by atoms with Gasteiger partial charge in [-0.25, -0.2) is 0 Å². The molecule has 0 bridgehead atoms. The molecule has 18 heavy (non-hydrogen) atoms. The van der Waals surface area contributed by atoms with E-state index in [4.69, 9.17) is 0 Å². The van der Waals surface area contributed by atoms with Gasteiger partial charge in [-0.2, -0.15) is 0 Å². The second-order valence-electron chi connectivity index (χ2n) is 5.64. The summed E-state index contributed by atoms with van der Waals surface area (Å²) in [7, 11) is 0. The van der Waals surface area contributed by atoms with Crippen LogP contribution in [0.3, 0.4) is 0 Å². The van der Waals surface area contributed by atoms with Gasteiger partial charge in [0.2, 0.25) is 0 Å². The lowest BCUT2D eigenvalue weighted by atomic mass is 9.95. The number of unbranched alkanes of at least 4 members (excludes halogenated alkanes) is 1. The molecule has 0 aliphatic heterocycles. The topological polar surface area (TPSA) is 12.0 Å². The summed E-state index contributed by atoms with van der Waals surface area (Å²) in [6.07, 6.45) is 10.8. The molecule has 100 valence electrons. The van der Waals surface area contributed by atoms with Gasteiger partial charge < -0.3 is 5.32 Å². The van der Waals surface area contributed by atoms with E-state index in [1.54, 1.807) is 0 Å². The van der Waals surface area contributed by atoms with E-state index in [0.29, 0.717) is 0 Å². The molecule has 1 nitrogen and oxygen atoms in total. The van der Waals surface area contributed by atoms with Gasteiger partial charge in [0.25, 0.3) is 0 Å². The summed E-state index contributed by atoms with van der Waals surface area (Å²) in [6.45, 7) is 3.29. The maximum Gasteiger partial charge on any atom is 0.0208 e. The van der Waals surface area contributed by atoms with E-state index in [-0.39, 0.29) is 0 Å². The van der Waals surface area contributed by atoms with Crippen LogP contribution in [0.15, 0.2) is 24.3 Å². The Labute approximate surface area is 112 Å². The third kappa shape index (κ3) is 4.45. The van der Waals surface area contributed by atoms with E-state index < -0.39 is 0 Å². The Balaban J connectivity index is 1.75. The molecule has 2 rings (SSSR count). The highest BCUT2D eigenvalue weighted by Crippen LogP contribution is 2.18. The van der Waals surface area contributed by atoms with Gasteiger partial charge in [0.1, 0.15) is 0 Å². The van der Waals surface area contributed by atoms with Crippen molar-refractivity contribution in [1.29, 1.82) is 0 Å². The minimum Gasteiger partial charge on any atom is -0.310 e. The lowest BCUT2D eigenvalue weighted by Crippen LogP contribution is -2.30. The lowest BCUT2D eigenvalue weighted by Gasteiger charge is -2.22. The Bertz CT molecular complexity index is 322. The fourth-order valence-corrected chi connectivity index (χ4v) is 2.77. The van der Waals surface area contributed by atoms with Gasteiger partial charge in [0.15, 0.2) is 0 Å². The number of hydrogen-bond donors (Lipinski definition) is 1. The maximum atomic E-state index is 3.70. The number of hydrogen-bond acceptors (Lipinski definition) is 1. The third-order valence-corrected chi connectivity index (χ3v) is 4.04. The average molecular weight is 245 g/mol. The molecule has 1 saturated carbocycles. The molecule has 0 unspecified atom stereocenters. The van der Waals surface area contributed by atoms with Gasteiger partial charge in [-0.3, -0.25) is 0 Å². The molecule has 0 spiro atoms. The van der Waals surface area contributed by atoms with Gasteiger partial charge >= 0.3 is 0 Å². The van der Waals surface area contributed by atoms with Crippen molar-refractivity contribution < 1.29 is 0 Å². The second kappa shape index (κ2) is 7.58. The van der Waals surface area contributed by atoms with E-state index in [9.17, 15) is 0 Å². The highest BCUT2D eigenvalue weighted by molar-refractivity contribution is 5.22.